The smallest absolute Gasteiger partial charge is 0.227 e. The van der Waals surface area contributed by atoms with E-state index >= 15 is 0 Å². The van der Waals surface area contributed by atoms with Crippen LogP contribution >= 0.6 is 0 Å². The van der Waals surface area contributed by atoms with Crippen LogP contribution in [0.3, 0.4) is 0 Å². The fraction of sp³-hybridized carbons (Fsp3) is 0.294. The summed E-state index contributed by atoms with van der Waals surface area (Å²) in [6.07, 6.45) is 2.56. The second-order valence-electron chi connectivity index (χ2n) is 5.56. The zero-order valence-electron chi connectivity index (χ0n) is 12.3. The van der Waals surface area contributed by atoms with E-state index < -0.39 is 5.82 Å². The average Bonchev–Trinajstić information content (AvgIpc) is 3.25. The molecule has 2 atom stereocenters. The molecule has 0 bridgehead atoms. The summed E-state index contributed by atoms with van der Waals surface area (Å²) in [5.41, 5.74) is 1.17. The standard InChI is InChI=1S/C17H17FN2O2/c1-11-8-14(11)17(21)20-12-5-6-16(15(18)9-12)22-10-13-4-2-3-7-19-13/h2-7,9,11,14H,8,10H2,1H3,(H,20,21). The van der Waals surface area contributed by atoms with E-state index in [9.17, 15) is 9.18 Å². The van der Waals surface area contributed by atoms with E-state index in [2.05, 4.69) is 10.3 Å². The monoisotopic (exact) mass is 300 g/mol. The third-order valence-electron chi connectivity index (χ3n) is 3.75. The number of hydrogen-bond acceptors (Lipinski definition) is 3. The van der Waals surface area contributed by atoms with E-state index in [0.29, 0.717) is 11.6 Å². The van der Waals surface area contributed by atoms with Crippen LogP contribution in [0.2, 0.25) is 0 Å². The van der Waals surface area contributed by atoms with Gasteiger partial charge in [-0.05, 0) is 36.6 Å². The van der Waals surface area contributed by atoms with Crippen molar-refractivity contribution >= 4 is 11.6 Å². The molecule has 1 saturated carbocycles. The van der Waals surface area contributed by atoms with Crippen molar-refractivity contribution in [3.8, 4) is 5.75 Å². The lowest BCUT2D eigenvalue weighted by Gasteiger charge is -2.09. The van der Waals surface area contributed by atoms with E-state index in [-0.39, 0.29) is 24.2 Å². The van der Waals surface area contributed by atoms with E-state index in [1.807, 2.05) is 25.1 Å². The summed E-state index contributed by atoms with van der Waals surface area (Å²) < 4.78 is 19.4. The highest BCUT2D eigenvalue weighted by Gasteiger charge is 2.39. The predicted molar refractivity (Wildman–Crippen MR) is 80.9 cm³/mol. The van der Waals surface area contributed by atoms with Crippen molar-refractivity contribution in [1.82, 2.24) is 4.98 Å². The summed E-state index contributed by atoms with van der Waals surface area (Å²) >= 11 is 0. The van der Waals surface area contributed by atoms with Gasteiger partial charge in [0.1, 0.15) is 6.61 Å². The van der Waals surface area contributed by atoms with Gasteiger partial charge in [0.15, 0.2) is 11.6 Å². The quantitative estimate of drug-likeness (QED) is 0.920. The van der Waals surface area contributed by atoms with E-state index in [0.717, 1.165) is 12.1 Å². The van der Waals surface area contributed by atoms with Crippen LogP contribution in [0.4, 0.5) is 10.1 Å². The number of carbonyl (C=O) groups excluding carboxylic acids is 1. The number of benzene rings is 1. The number of pyridine rings is 1. The van der Waals surface area contributed by atoms with Crippen molar-refractivity contribution in [3.05, 3.63) is 54.1 Å². The van der Waals surface area contributed by atoms with E-state index in [4.69, 9.17) is 4.74 Å². The van der Waals surface area contributed by atoms with Gasteiger partial charge in [-0.25, -0.2) is 4.39 Å². The van der Waals surface area contributed by atoms with Crippen LogP contribution in [0.25, 0.3) is 0 Å². The zero-order chi connectivity index (χ0) is 15.5. The molecule has 4 nitrogen and oxygen atoms in total. The summed E-state index contributed by atoms with van der Waals surface area (Å²) in [5, 5.41) is 2.73. The van der Waals surface area contributed by atoms with Crippen LogP contribution in [0, 0.1) is 17.7 Å². The summed E-state index contributed by atoms with van der Waals surface area (Å²) in [4.78, 5) is 15.9. The number of amides is 1. The van der Waals surface area contributed by atoms with Gasteiger partial charge in [0.05, 0.1) is 5.69 Å². The molecule has 5 heteroatoms. The van der Waals surface area contributed by atoms with Crippen molar-refractivity contribution in [1.29, 1.82) is 0 Å². The fourth-order valence-electron chi connectivity index (χ4n) is 2.25. The maximum atomic E-state index is 14.0. The van der Waals surface area contributed by atoms with E-state index in [1.54, 1.807) is 12.3 Å². The number of anilines is 1. The van der Waals surface area contributed by atoms with Crippen molar-refractivity contribution in [2.45, 2.75) is 20.0 Å². The summed E-state index contributed by atoms with van der Waals surface area (Å²) in [6, 6.07) is 9.90. The lowest BCUT2D eigenvalue weighted by atomic mass is 10.2. The molecule has 1 aromatic heterocycles. The van der Waals surface area contributed by atoms with Gasteiger partial charge in [0.25, 0.3) is 0 Å². The molecule has 22 heavy (non-hydrogen) atoms. The molecular weight excluding hydrogens is 283 g/mol. The highest BCUT2D eigenvalue weighted by atomic mass is 19.1. The molecule has 1 N–H and O–H groups in total. The van der Waals surface area contributed by atoms with Gasteiger partial charge in [0.2, 0.25) is 5.91 Å². The molecule has 1 aliphatic carbocycles. The topological polar surface area (TPSA) is 51.2 Å². The first-order chi connectivity index (χ1) is 10.6. The number of halogens is 1. The largest absolute Gasteiger partial charge is 0.484 e. The fourth-order valence-corrected chi connectivity index (χ4v) is 2.25. The maximum Gasteiger partial charge on any atom is 0.227 e. The first kappa shape index (κ1) is 14.5. The van der Waals surface area contributed by atoms with Gasteiger partial charge in [-0.1, -0.05) is 13.0 Å². The molecule has 0 spiro atoms. The number of ether oxygens (including phenoxy) is 1. The minimum Gasteiger partial charge on any atom is -0.484 e. The Hall–Kier alpha value is -2.43. The van der Waals surface area contributed by atoms with Crippen LogP contribution in [-0.4, -0.2) is 10.9 Å². The van der Waals surface area contributed by atoms with Gasteiger partial charge in [-0.3, -0.25) is 9.78 Å². The number of nitrogens with one attached hydrogen (secondary N) is 1. The molecule has 3 rings (SSSR count). The summed E-state index contributed by atoms with van der Waals surface area (Å²) in [6.45, 7) is 2.22. The Bertz CT molecular complexity index is 676. The second-order valence-corrected chi connectivity index (χ2v) is 5.56. The Balaban J connectivity index is 1.61. The molecule has 1 aromatic carbocycles. The van der Waals surface area contributed by atoms with Crippen molar-refractivity contribution in [2.75, 3.05) is 5.32 Å². The lowest BCUT2D eigenvalue weighted by molar-refractivity contribution is -0.117. The average molecular weight is 300 g/mol. The molecule has 2 unspecified atom stereocenters. The van der Waals surface area contributed by atoms with Gasteiger partial charge in [0, 0.05) is 23.9 Å². The van der Waals surface area contributed by atoms with Gasteiger partial charge in [-0.15, -0.1) is 0 Å². The summed E-state index contributed by atoms with van der Waals surface area (Å²) in [5.74, 6) is 0.0732. The molecule has 1 aliphatic rings. The molecule has 2 aromatic rings. The second kappa shape index (κ2) is 6.13. The highest BCUT2D eigenvalue weighted by Crippen LogP contribution is 2.38. The van der Waals surface area contributed by atoms with Gasteiger partial charge >= 0.3 is 0 Å². The van der Waals surface area contributed by atoms with Crippen LogP contribution in [0.5, 0.6) is 5.75 Å². The minimum absolute atomic E-state index is 0.0472. The highest BCUT2D eigenvalue weighted by molar-refractivity contribution is 5.94. The maximum absolute atomic E-state index is 14.0. The summed E-state index contributed by atoms with van der Waals surface area (Å²) in [7, 11) is 0. The molecule has 1 amide bonds. The number of carbonyl (C=O) groups is 1. The Morgan fingerprint density at radius 2 is 2.23 bits per heavy atom. The van der Waals surface area contributed by atoms with Crippen molar-refractivity contribution < 1.29 is 13.9 Å². The Labute approximate surface area is 128 Å². The molecular formula is C17H17FN2O2. The first-order valence-corrected chi connectivity index (χ1v) is 7.26. The van der Waals surface area contributed by atoms with Crippen molar-refractivity contribution in [3.63, 3.8) is 0 Å². The molecule has 0 aliphatic heterocycles. The van der Waals surface area contributed by atoms with Gasteiger partial charge in [-0.2, -0.15) is 0 Å². The van der Waals surface area contributed by atoms with Crippen LogP contribution < -0.4 is 10.1 Å². The number of rotatable bonds is 5. The molecule has 1 fully saturated rings. The predicted octanol–water partition coefficient (Wildman–Crippen LogP) is 3.39. The number of nitrogens with zero attached hydrogens (tertiary/aromatic N) is 1. The molecule has 0 saturated heterocycles. The van der Waals surface area contributed by atoms with Crippen molar-refractivity contribution in [2.24, 2.45) is 11.8 Å². The Morgan fingerprint density at radius 3 is 2.86 bits per heavy atom. The lowest BCUT2D eigenvalue weighted by Crippen LogP contribution is -2.14. The zero-order valence-corrected chi connectivity index (χ0v) is 12.3. The molecule has 0 radical (unpaired) electrons. The number of hydrogen-bond donors (Lipinski definition) is 1. The minimum atomic E-state index is -0.502. The number of aromatic nitrogens is 1. The van der Waals surface area contributed by atoms with Crippen LogP contribution in [0.1, 0.15) is 19.0 Å². The Morgan fingerprint density at radius 1 is 1.41 bits per heavy atom. The van der Waals surface area contributed by atoms with Crippen LogP contribution in [0.15, 0.2) is 42.6 Å². The Kier molecular flexibility index (Phi) is 4.04. The normalized spacial score (nSPS) is 19.5. The molecule has 1 heterocycles. The SMILES string of the molecule is CC1CC1C(=O)Nc1ccc(OCc2ccccn2)c(F)c1. The first-order valence-electron chi connectivity index (χ1n) is 7.26. The van der Waals surface area contributed by atoms with Crippen LogP contribution in [-0.2, 0) is 11.4 Å². The van der Waals surface area contributed by atoms with Gasteiger partial charge < -0.3 is 10.1 Å². The van der Waals surface area contributed by atoms with E-state index in [1.165, 1.54) is 12.1 Å². The third-order valence-corrected chi connectivity index (χ3v) is 3.75. The third kappa shape index (κ3) is 3.42. The molecule has 114 valence electrons.